The first-order valence-electron chi connectivity index (χ1n) is 6.70. The molecule has 1 nitrogen and oxygen atoms in total. The molecule has 1 aliphatic rings. The summed E-state index contributed by atoms with van der Waals surface area (Å²) in [6.07, 6.45) is 4.09. The van der Waals surface area contributed by atoms with Crippen molar-refractivity contribution in [3.05, 3.63) is 53.6 Å². The van der Waals surface area contributed by atoms with Gasteiger partial charge in [-0.1, -0.05) is 36.8 Å². The lowest BCUT2D eigenvalue weighted by molar-refractivity contribution is 0.420. The van der Waals surface area contributed by atoms with Gasteiger partial charge in [-0.15, -0.1) is 0 Å². The third kappa shape index (κ3) is 2.01. The first kappa shape index (κ1) is 11.3. The van der Waals surface area contributed by atoms with Crippen LogP contribution in [-0.2, 0) is 0 Å². The maximum atomic E-state index is 5.81. The summed E-state index contributed by atoms with van der Waals surface area (Å²) in [6, 6.07) is 15.1. The molecule has 0 atom stereocenters. The molecule has 1 heteroatoms. The van der Waals surface area contributed by atoms with Crippen LogP contribution in [0.1, 0.15) is 36.3 Å². The molecule has 1 aliphatic carbocycles. The summed E-state index contributed by atoms with van der Waals surface area (Å²) in [7, 11) is 0. The predicted molar refractivity (Wildman–Crippen MR) is 77.6 cm³/mol. The maximum absolute atomic E-state index is 5.81. The molecule has 0 radical (unpaired) electrons. The van der Waals surface area contributed by atoms with Crippen LogP contribution < -0.4 is 5.73 Å². The standard InChI is InChI=1S/C17H19N/c1-12-10-16(18)8-9-17(12)15-7-3-6-14(11-15)13-4-2-5-13/h3,6-11,13H,2,4-5,18H2,1H3. The molecule has 0 unspecified atom stereocenters. The summed E-state index contributed by atoms with van der Waals surface area (Å²) in [5, 5.41) is 0. The monoisotopic (exact) mass is 237 g/mol. The molecule has 3 rings (SSSR count). The first-order valence-corrected chi connectivity index (χ1v) is 6.70. The molecule has 2 aromatic rings. The van der Waals surface area contributed by atoms with Crippen LogP contribution in [0.2, 0.25) is 0 Å². The van der Waals surface area contributed by atoms with Crippen molar-refractivity contribution in [2.45, 2.75) is 32.1 Å². The Morgan fingerprint density at radius 2 is 1.89 bits per heavy atom. The Balaban J connectivity index is 2.00. The van der Waals surface area contributed by atoms with E-state index >= 15 is 0 Å². The fraction of sp³-hybridized carbons (Fsp3) is 0.294. The van der Waals surface area contributed by atoms with Gasteiger partial charge in [-0.2, -0.15) is 0 Å². The number of aryl methyl sites for hydroxylation is 1. The number of benzene rings is 2. The Kier molecular flexibility index (Phi) is 2.83. The van der Waals surface area contributed by atoms with Crippen molar-refractivity contribution in [1.29, 1.82) is 0 Å². The second-order valence-electron chi connectivity index (χ2n) is 5.33. The minimum atomic E-state index is 0.791. The first-order chi connectivity index (χ1) is 8.74. The van der Waals surface area contributed by atoms with Gasteiger partial charge in [0, 0.05) is 5.69 Å². The number of nitrogens with two attached hydrogens (primary N) is 1. The summed E-state index contributed by atoms with van der Waals surface area (Å²) < 4.78 is 0. The molecule has 2 aromatic carbocycles. The van der Waals surface area contributed by atoms with E-state index in [9.17, 15) is 0 Å². The van der Waals surface area contributed by atoms with Gasteiger partial charge in [-0.25, -0.2) is 0 Å². The molecular weight excluding hydrogens is 218 g/mol. The van der Waals surface area contributed by atoms with E-state index in [0.29, 0.717) is 0 Å². The SMILES string of the molecule is Cc1cc(N)ccc1-c1cccc(C2CCC2)c1. The van der Waals surface area contributed by atoms with Crippen LogP contribution in [-0.4, -0.2) is 0 Å². The molecule has 0 aliphatic heterocycles. The zero-order chi connectivity index (χ0) is 12.5. The normalized spacial score (nSPS) is 15.4. The summed E-state index contributed by atoms with van der Waals surface area (Å²) in [6.45, 7) is 2.13. The fourth-order valence-electron chi connectivity index (χ4n) is 2.71. The van der Waals surface area contributed by atoms with Crippen LogP contribution in [0.15, 0.2) is 42.5 Å². The predicted octanol–water partition coefficient (Wildman–Crippen LogP) is 4.51. The molecule has 18 heavy (non-hydrogen) atoms. The van der Waals surface area contributed by atoms with E-state index in [4.69, 9.17) is 5.73 Å². The van der Waals surface area contributed by atoms with Gasteiger partial charge in [0.05, 0.1) is 0 Å². The van der Waals surface area contributed by atoms with Crippen LogP contribution >= 0.6 is 0 Å². The van der Waals surface area contributed by atoms with E-state index in [1.165, 1.54) is 41.5 Å². The van der Waals surface area contributed by atoms with Crippen molar-refractivity contribution in [1.82, 2.24) is 0 Å². The Morgan fingerprint density at radius 3 is 2.56 bits per heavy atom. The smallest absolute Gasteiger partial charge is 0.0317 e. The molecule has 0 heterocycles. The molecule has 0 spiro atoms. The average molecular weight is 237 g/mol. The number of rotatable bonds is 2. The second-order valence-corrected chi connectivity index (χ2v) is 5.33. The molecule has 2 N–H and O–H groups in total. The van der Waals surface area contributed by atoms with Crippen molar-refractivity contribution < 1.29 is 0 Å². The van der Waals surface area contributed by atoms with E-state index in [2.05, 4.69) is 37.3 Å². The van der Waals surface area contributed by atoms with Crippen molar-refractivity contribution in [2.24, 2.45) is 0 Å². The Bertz CT molecular complexity index is 568. The van der Waals surface area contributed by atoms with Crippen LogP contribution in [0.25, 0.3) is 11.1 Å². The quantitative estimate of drug-likeness (QED) is 0.764. The molecule has 0 saturated heterocycles. The molecule has 0 aromatic heterocycles. The summed E-state index contributed by atoms with van der Waals surface area (Å²) in [5.74, 6) is 0.791. The van der Waals surface area contributed by atoms with Gasteiger partial charge in [-0.05, 0) is 60.1 Å². The van der Waals surface area contributed by atoms with Gasteiger partial charge in [-0.3, -0.25) is 0 Å². The van der Waals surface area contributed by atoms with Crippen LogP contribution in [0.5, 0.6) is 0 Å². The van der Waals surface area contributed by atoms with E-state index in [1.807, 2.05) is 12.1 Å². The van der Waals surface area contributed by atoms with Gasteiger partial charge in [0.1, 0.15) is 0 Å². The fourth-order valence-corrected chi connectivity index (χ4v) is 2.71. The average Bonchev–Trinajstić information content (AvgIpc) is 2.27. The molecule has 0 amide bonds. The Hall–Kier alpha value is -1.76. The van der Waals surface area contributed by atoms with Crippen LogP contribution in [0, 0.1) is 6.92 Å². The van der Waals surface area contributed by atoms with E-state index in [-0.39, 0.29) is 0 Å². The van der Waals surface area contributed by atoms with Gasteiger partial charge >= 0.3 is 0 Å². The van der Waals surface area contributed by atoms with Crippen LogP contribution in [0.3, 0.4) is 0 Å². The van der Waals surface area contributed by atoms with Gasteiger partial charge < -0.3 is 5.73 Å². The zero-order valence-electron chi connectivity index (χ0n) is 10.8. The molecule has 0 bridgehead atoms. The molecule has 92 valence electrons. The third-order valence-electron chi connectivity index (χ3n) is 4.02. The van der Waals surface area contributed by atoms with Crippen molar-refractivity contribution in [2.75, 3.05) is 5.73 Å². The lowest BCUT2D eigenvalue weighted by Gasteiger charge is -2.26. The van der Waals surface area contributed by atoms with Crippen molar-refractivity contribution in [3.8, 4) is 11.1 Å². The highest BCUT2D eigenvalue weighted by Gasteiger charge is 2.19. The minimum Gasteiger partial charge on any atom is -0.399 e. The Labute approximate surface area is 109 Å². The van der Waals surface area contributed by atoms with E-state index in [1.54, 1.807) is 0 Å². The highest BCUT2D eigenvalue weighted by atomic mass is 14.5. The third-order valence-corrected chi connectivity index (χ3v) is 4.02. The molecular formula is C17H19N. The highest BCUT2D eigenvalue weighted by molar-refractivity contribution is 5.70. The van der Waals surface area contributed by atoms with Gasteiger partial charge in [0.25, 0.3) is 0 Å². The zero-order valence-corrected chi connectivity index (χ0v) is 10.8. The second kappa shape index (κ2) is 4.49. The van der Waals surface area contributed by atoms with Crippen molar-refractivity contribution >= 4 is 5.69 Å². The van der Waals surface area contributed by atoms with E-state index < -0.39 is 0 Å². The number of hydrogen-bond acceptors (Lipinski definition) is 1. The van der Waals surface area contributed by atoms with Gasteiger partial charge in [0.15, 0.2) is 0 Å². The molecule has 1 fully saturated rings. The molecule has 1 saturated carbocycles. The van der Waals surface area contributed by atoms with E-state index in [0.717, 1.165) is 11.6 Å². The number of nitrogen functional groups attached to an aromatic ring is 1. The lowest BCUT2D eigenvalue weighted by atomic mass is 9.79. The summed E-state index contributed by atoms with van der Waals surface area (Å²) >= 11 is 0. The van der Waals surface area contributed by atoms with Crippen LogP contribution in [0.4, 0.5) is 5.69 Å². The minimum absolute atomic E-state index is 0.791. The number of hydrogen-bond donors (Lipinski definition) is 1. The largest absolute Gasteiger partial charge is 0.399 e. The highest BCUT2D eigenvalue weighted by Crippen LogP contribution is 2.38. The summed E-state index contributed by atoms with van der Waals surface area (Å²) in [4.78, 5) is 0. The van der Waals surface area contributed by atoms with Crippen molar-refractivity contribution in [3.63, 3.8) is 0 Å². The summed E-state index contributed by atoms with van der Waals surface area (Å²) in [5.41, 5.74) is 12.0. The number of anilines is 1. The topological polar surface area (TPSA) is 26.0 Å². The lowest BCUT2D eigenvalue weighted by Crippen LogP contribution is -2.08. The van der Waals surface area contributed by atoms with Gasteiger partial charge in [0.2, 0.25) is 0 Å². The maximum Gasteiger partial charge on any atom is 0.0317 e. The Morgan fingerprint density at radius 1 is 1.06 bits per heavy atom.